The van der Waals surface area contributed by atoms with Crippen molar-refractivity contribution in [2.45, 2.75) is 40.0 Å². The predicted octanol–water partition coefficient (Wildman–Crippen LogP) is 3.68. The highest BCUT2D eigenvalue weighted by molar-refractivity contribution is 5.89. The van der Waals surface area contributed by atoms with Crippen LogP contribution in [0.4, 0.5) is 16.2 Å². The van der Waals surface area contributed by atoms with Crippen molar-refractivity contribution < 1.29 is 9.53 Å². The van der Waals surface area contributed by atoms with Gasteiger partial charge < -0.3 is 25.2 Å². The second kappa shape index (κ2) is 11.7. The number of nitrogens with zero attached hydrogens (tertiary/aromatic N) is 3. The van der Waals surface area contributed by atoms with Gasteiger partial charge in [-0.15, -0.1) is 0 Å². The summed E-state index contributed by atoms with van der Waals surface area (Å²) in [7, 11) is 0. The van der Waals surface area contributed by atoms with Gasteiger partial charge in [-0.25, -0.2) is 4.79 Å². The molecule has 2 aliphatic rings. The molecule has 2 amide bonds. The quantitative estimate of drug-likeness (QED) is 0.653. The molecule has 0 aliphatic carbocycles. The third-order valence-corrected chi connectivity index (χ3v) is 6.79. The molecule has 2 fully saturated rings. The van der Waals surface area contributed by atoms with E-state index in [1.807, 2.05) is 6.07 Å². The molecule has 2 saturated heterocycles. The minimum absolute atomic E-state index is 0.184. The average molecular weight is 466 g/mol. The Morgan fingerprint density at radius 2 is 1.82 bits per heavy atom. The molecule has 7 nitrogen and oxygen atoms in total. The number of carbonyl (C=O) groups excluding carboxylic acids is 1. The number of rotatable bonds is 7. The fourth-order valence-corrected chi connectivity index (χ4v) is 4.88. The normalized spacial score (nSPS) is 19.7. The second-order valence-electron chi connectivity index (χ2n) is 9.47. The van der Waals surface area contributed by atoms with Gasteiger partial charge in [0, 0.05) is 63.7 Å². The molecule has 184 valence electrons. The number of carbonyl (C=O) groups is 1. The number of aryl methyl sites for hydroxylation is 1. The molecule has 2 aromatic carbocycles. The van der Waals surface area contributed by atoms with Gasteiger partial charge in [0.25, 0.3) is 0 Å². The predicted molar refractivity (Wildman–Crippen MR) is 138 cm³/mol. The van der Waals surface area contributed by atoms with Crippen LogP contribution in [0.3, 0.4) is 0 Å². The van der Waals surface area contributed by atoms with E-state index in [0.29, 0.717) is 6.54 Å². The Morgan fingerprint density at radius 1 is 1.03 bits per heavy atom. The van der Waals surface area contributed by atoms with Crippen LogP contribution in [0.15, 0.2) is 42.5 Å². The van der Waals surface area contributed by atoms with Gasteiger partial charge in [0.15, 0.2) is 0 Å². The first-order valence-electron chi connectivity index (χ1n) is 12.5. The zero-order chi connectivity index (χ0) is 23.9. The van der Waals surface area contributed by atoms with E-state index in [0.717, 1.165) is 70.2 Å². The van der Waals surface area contributed by atoms with Crippen LogP contribution in [0.5, 0.6) is 0 Å². The highest BCUT2D eigenvalue weighted by atomic mass is 16.5. The molecule has 0 spiro atoms. The molecule has 2 heterocycles. The second-order valence-corrected chi connectivity index (χ2v) is 9.47. The first kappa shape index (κ1) is 24.5. The summed E-state index contributed by atoms with van der Waals surface area (Å²) in [6.07, 6.45) is 0.284. The van der Waals surface area contributed by atoms with Crippen molar-refractivity contribution in [3.63, 3.8) is 0 Å². The van der Waals surface area contributed by atoms with Gasteiger partial charge in [-0.05, 0) is 55.3 Å². The van der Waals surface area contributed by atoms with E-state index < -0.39 is 0 Å². The SMILES string of the molecule is CCN1CCN(c2ccc(NC(=O)NCc3cccc(CN4CCO[C@@H](C)C4)c3)cc2C)CC1. The van der Waals surface area contributed by atoms with Gasteiger partial charge in [-0.3, -0.25) is 4.90 Å². The Morgan fingerprint density at radius 3 is 2.56 bits per heavy atom. The van der Waals surface area contributed by atoms with E-state index in [4.69, 9.17) is 4.74 Å². The number of nitrogens with one attached hydrogen (secondary N) is 2. The third kappa shape index (κ3) is 6.72. The maximum Gasteiger partial charge on any atom is 0.319 e. The topological polar surface area (TPSA) is 60.1 Å². The van der Waals surface area contributed by atoms with Crippen LogP contribution >= 0.6 is 0 Å². The average Bonchev–Trinajstić information content (AvgIpc) is 2.83. The molecule has 34 heavy (non-hydrogen) atoms. The molecule has 0 bridgehead atoms. The molecule has 4 rings (SSSR count). The smallest absolute Gasteiger partial charge is 0.319 e. The molecular weight excluding hydrogens is 426 g/mol. The van der Waals surface area contributed by atoms with Crippen molar-refractivity contribution >= 4 is 17.4 Å². The lowest BCUT2D eigenvalue weighted by Gasteiger charge is -2.36. The van der Waals surface area contributed by atoms with E-state index in [-0.39, 0.29) is 12.1 Å². The molecule has 0 aromatic heterocycles. The highest BCUT2D eigenvalue weighted by Gasteiger charge is 2.18. The monoisotopic (exact) mass is 465 g/mol. The summed E-state index contributed by atoms with van der Waals surface area (Å²) >= 11 is 0. The van der Waals surface area contributed by atoms with Gasteiger partial charge in [0.1, 0.15) is 0 Å². The van der Waals surface area contributed by atoms with Gasteiger partial charge in [-0.2, -0.15) is 0 Å². The molecule has 2 aromatic rings. The Hall–Kier alpha value is -2.61. The van der Waals surface area contributed by atoms with Crippen molar-refractivity contribution in [2.75, 3.05) is 62.6 Å². The highest BCUT2D eigenvalue weighted by Crippen LogP contribution is 2.25. The van der Waals surface area contributed by atoms with Crippen LogP contribution in [0, 0.1) is 6.92 Å². The minimum Gasteiger partial charge on any atom is -0.376 e. The van der Waals surface area contributed by atoms with Crippen molar-refractivity contribution in [3.8, 4) is 0 Å². The van der Waals surface area contributed by atoms with Crippen LogP contribution in [0.25, 0.3) is 0 Å². The maximum atomic E-state index is 12.5. The summed E-state index contributed by atoms with van der Waals surface area (Å²) in [5, 5.41) is 5.98. The molecule has 0 unspecified atom stereocenters. The first-order valence-corrected chi connectivity index (χ1v) is 12.5. The number of amides is 2. The Balaban J connectivity index is 1.26. The summed E-state index contributed by atoms with van der Waals surface area (Å²) in [5.74, 6) is 0. The number of likely N-dealkylation sites (N-methyl/N-ethyl adjacent to an activating group) is 1. The summed E-state index contributed by atoms with van der Waals surface area (Å²) in [4.78, 5) is 19.9. The van der Waals surface area contributed by atoms with Gasteiger partial charge in [0.2, 0.25) is 0 Å². The minimum atomic E-state index is -0.184. The van der Waals surface area contributed by atoms with Crippen molar-refractivity contribution in [3.05, 3.63) is 59.2 Å². The fraction of sp³-hybridized carbons (Fsp3) is 0.519. The van der Waals surface area contributed by atoms with Crippen molar-refractivity contribution in [2.24, 2.45) is 0 Å². The van der Waals surface area contributed by atoms with Crippen molar-refractivity contribution in [1.29, 1.82) is 0 Å². The van der Waals surface area contributed by atoms with Crippen LogP contribution < -0.4 is 15.5 Å². The number of ether oxygens (including phenoxy) is 1. The molecular formula is C27H39N5O2. The standard InChI is InChI=1S/C27H39N5O2/c1-4-30-10-12-32(13-11-30)26-9-8-25(16-21(26)2)29-27(33)28-18-23-6-5-7-24(17-23)20-31-14-15-34-22(3)19-31/h5-9,16-17,22H,4,10-15,18-20H2,1-3H3,(H2,28,29,33)/t22-/m0/s1. The molecule has 2 N–H and O–H groups in total. The van der Waals surface area contributed by atoms with Gasteiger partial charge in [0.05, 0.1) is 12.7 Å². The summed E-state index contributed by atoms with van der Waals surface area (Å²) < 4.78 is 5.64. The van der Waals surface area contributed by atoms with E-state index in [1.54, 1.807) is 0 Å². The van der Waals surface area contributed by atoms with E-state index in [9.17, 15) is 4.79 Å². The van der Waals surface area contributed by atoms with Crippen LogP contribution in [-0.4, -0.2) is 74.4 Å². The van der Waals surface area contributed by atoms with Crippen molar-refractivity contribution in [1.82, 2.24) is 15.1 Å². The van der Waals surface area contributed by atoms with E-state index >= 15 is 0 Å². The molecule has 2 aliphatic heterocycles. The van der Waals surface area contributed by atoms with E-state index in [1.165, 1.54) is 16.8 Å². The lowest BCUT2D eigenvalue weighted by Crippen LogP contribution is -2.46. The largest absolute Gasteiger partial charge is 0.376 e. The zero-order valence-electron chi connectivity index (χ0n) is 20.8. The molecule has 7 heteroatoms. The van der Waals surface area contributed by atoms with Gasteiger partial charge in [-0.1, -0.05) is 31.2 Å². The first-order chi connectivity index (χ1) is 16.5. The molecule has 0 saturated carbocycles. The Bertz CT molecular complexity index is 958. The third-order valence-electron chi connectivity index (χ3n) is 6.79. The number of hydrogen-bond donors (Lipinski definition) is 2. The number of hydrogen-bond acceptors (Lipinski definition) is 5. The Labute approximate surface area is 204 Å². The summed E-state index contributed by atoms with van der Waals surface area (Å²) in [6, 6.07) is 14.5. The zero-order valence-corrected chi connectivity index (χ0v) is 20.8. The lowest BCUT2D eigenvalue weighted by molar-refractivity contribution is -0.0212. The van der Waals surface area contributed by atoms with Crippen LogP contribution in [0.1, 0.15) is 30.5 Å². The number of benzene rings is 2. The van der Waals surface area contributed by atoms with Gasteiger partial charge >= 0.3 is 6.03 Å². The van der Waals surface area contributed by atoms with Crippen LogP contribution in [0.2, 0.25) is 0 Å². The number of urea groups is 1. The summed E-state index contributed by atoms with van der Waals surface area (Å²) in [5.41, 5.74) is 5.63. The lowest BCUT2D eigenvalue weighted by atomic mass is 10.1. The number of morpholine rings is 1. The molecule has 1 atom stereocenters. The number of piperazine rings is 1. The Kier molecular flexibility index (Phi) is 8.43. The van der Waals surface area contributed by atoms with Crippen LogP contribution in [-0.2, 0) is 17.8 Å². The molecule has 0 radical (unpaired) electrons. The fourth-order valence-electron chi connectivity index (χ4n) is 4.88. The summed E-state index contributed by atoms with van der Waals surface area (Å²) in [6.45, 7) is 16.0. The number of anilines is 2. The maximum absolute atomic E-state index is 12.5. The van der Waals surface area contributed by atoms with E-state index in [2.05, 4.69) is 82.5 Å².